The summed E-state index contributed by atoms with van der Waals surface area (Å²) in [5.74, 6) is 2.00. The maximum absolute atomic E-state index is 13.3. The number of rotatable bonds is 14. The minimum absolute atomic E-state index is 0.0493. The fourth-order valence-corrected chi connectivity index (χ4v) is 3.56. The quantitative estimate of drug-likeness (QED) is 0.409. The maximum atomic E-state index is 13.3. The van der Waals surface area contributed by atoms with E-state index >= 15 is 0 Å². The van der Waals surface area contributed by atoms with Gasteiger partial charge in [-0.05, 0) is 68.1 Å². The molecule has 0 unspecified atom stereocenters. The van der Waals surface area contributed by atoms with E-state index < -0.39 is 6.04 Å². The highest BCUT2D eigenvalue weighted by molar-refractivity contribution is 5.87. The van der Waals surface area contributed by atoms with E-state index in [9.17, 15) is 9.59 Å². The predicted molar refractivity (Wildman–Crippen MR) is 133 cm³/mol. The van der Waals surface area contributed by atoms with Crippen LogP contribution in [0, 0.1) is 0 Å². The molecule has 7 heteroatoms. The third-order valence-corrected chi connectivity index (χ3v) is 5.74. The van der Waals surface area contributed by atoms with E-state index in [0.29, 0.717) is 26.0 Å². The Morgan fingerprint density at radius 2 is 1.62 bits per heavy atom. The first-order valence-electron chi connectivity index (χ1n) is 11.9. The molecule has 0 aliphatic heterocycles. The van der Waals surface area contributed by atoms with Gasteiger partial charge in [0.2, 0.25) is 11.8 Å². The van der Waals surface area contributed by atoms with E-state index in [1.807, 2.05) is 69.3 Å². The number of methoxy groups -OCH3 is 2. The van der Waals surface area contributed by atoms with Gasteiger partial charge in [0, 0.05) is 19.0 Å². The molecule has 7 nitrogen and oxygen atoms in total. The van der Waals surface area contributed by atoms with Gasteiger partial charge in [-0.15, -0.1) is 0 Å². The zero-order valence-electron chi connectivity index (χ0n) is 21.0. The van der Waals surface area contributed by atoms with Gasteiger partial charge in [-0.2, -0.15) is 0 Å². The first-order valence-corrected chi connectivity index (χ1v) is 11.9. The molecule has 0 saturated heterocycles. The van der Waals surface area contributed by atoms with Crippen LogP contribution in [-0.4, -0.2) is 49.6 Å². The SMILES string of the molecule is CC[C@H](C)NC(=O)[C@H](CC)N(Cc1cccc(OC)c1)C(=O)CCCOc1ccc(OC)cc1. The lowest BCUT2D eigenvalue weighted by molar-refractivity contribution is -0.141. The van der Waals surface area contributed by atoms with Crippen molar-refractivity contribution in [2.45, 2.75) is 65.1 Å². The predicted octanol–water partition coefficient (Wildman–Crippen LogP) is 4.58. The second-order valence-corrected chi connectivity index (χ2v) is 8.24. The first kappa shape index (κ1) is 27.0. The topological polar surface area (TPSA) is 77.1 Å². The Morgan fingerprint density at radius 1 is 0.941 bits per heavy atom. The lowest BCUT2D eigenvalue weighted by Crippen LogP contribution is -2.50. The van der Waals surface area contributed by atoms with Gasteiger partial charge >= 0.3 is 0 Å². The van der Waals surface area contributed by atoms with Gasteiger partial charge in [0.15, 0.2) is 0 Å². The van der Waals surface area contributed by atoms with Crippen molar-refractivity contribution in [3.63, 3.8) is 0 Å². The van der Waals surface area contributed by atoms with Crippen molar-refractivity contribution in [3.8, 4) is 17.2 Å². The van der Waals surface area contributed by atoms with Gasteiger partial charge in [-0.1, -0.05) is 26.0 Å². The van der Waals surface area contributed by atoms with Crippen LogP contribution in [0.1, 0.15) is 52.0 Å². The van der Waals surface area contributed by atoms with Crippen molar-refractivity contribution in [1.29, 1.82) is 0 Å². The Kier molecular flexibility index (Phi) is 11.2. The van der Waals surface area contributed by atoms with Gasteiger partial charge in [-0.25, -0.2) is 0 Å². The zero-order valence-corrected chi connectivity index (χ0v) is 21.0. The molecule has 0 bridgehead atoms. The fourth-order valence-electron chi connectivity index (χ4n) is 3.56. The Labute approximate surface area is 203 Å². The monoisotopic (exact) mass is 470 g/mol. The van der Waals surface area contributed by atoms with Crippen LogP contribution >= 0.6 is 0 Å². The van der Waals surface area contributed by atoms with Gasteiger partial charge in [0.25, 0.3) is 0 Å². The molecule has 186 valence electrons. The number of hydrogen-bond donors (Lipinski definition) is 1. The van der Waals surface area contributed by atoms with Crippen molar-refractivity contribution >= 4 is 11.8 Å². The molecule has 0 aromatic heterocycles. The molecule has 2 rings (SSSR count). The molecule has 2 amide bonds. The Hall–Kier alpha value is -3.22. The number of carbonyl (C=O) groups is 2. The molecular formula is C27H38N2O5. The number of amides is 2. The van der Waals surface area contributed by atoms with Crippen LogP contribution < -0.4 is 19.5 Å². The third-order valence-electron chi connectivity index (χ3n) is 5.74. The van der Waals surface area contributed by atoms with Crippen LogP contribution in [0.3, 0.4) is 0 Å². The molecule has 1 N–H and O–H groups in total. The van der Waals surface area contributed by atoms with Crippen LogP contribution in [0.15, 0.2) is 48.5 Å². The van der Waals surface area contributed by atoms with Crippen LogP contribution in [0.2, 0.25) is 0 Å². The summed E-state index contributed by atoms with van der Waals surface area (Å²) in [6, 6.07) is 14.4. The summed E-state index contributed by atoms with van der Waals surface area (Å²) < 4.78 is 16.2. The van der Waals surface area contributed by atoms with E-state index in [1.165, 1.54) is 0 Å². The average Bonchev–Trinajstić information content (AvgIpc) is 2.86. The molecule has 0 heterocycles. The van der Waals surface area contributed by atoms with Crippen LogP contribution in [0.4, 0.5) is 0 Å². The summed E-state index contributed by atoms with van der Waals surface area (Å²) in [6.45, 7) is 6.66. The van der Waals surface area contributed by atoms with Gasteiger partial charge < -0.3 is 24.4 Å². The number of hydrogen-bond acceptors (Lipinski definition) is 5. The molecule has 2 atom stereocenters. The van der Waals surface area contributed by atoms with Gasteiger partial charge in [-0.3, -0.25) is 9.59 Å². The van der Waals surface area contributed by atoms with Gasteiger partial charge in [0.05, 0.1) is 20.8 Å². The molecule has 0 radical (unpaired) electrons. The second-order valence-electron chi connectivity index (χ2n) is 8.24. The minimum atomic E-state index is -0.546. The molecule has 0 aliphatic carbocycles. The second kappa shape index (κ2) is 14.1. The number of benzene rings is 2. The number of ether oxygens (including phenoxy) is 3. The number of nitrogens with zero attached hydrogens (tertiary/aromatic N) is 1. The summed E-state index contributed by atoms with van der Waals surface area (Å²) in [5, 5.41) is 3.03. The molecule has 0 spiro atoms. The van der Waals surface area contributed by atoms with Crippen LogP contribution in [-0.2, 0) is 16.1 Å². The fraction of sp³-hybridized carbons (Fsp3) is 0.481. The Bertz CT molecular complexity index is 900. The van der Waals surface area contributed by atoms with Crippen molar-refractivity contribution in [2.24, 2.45) is 0 Å². The smallest absolute Gasteiger partial charge is 0.243 e. The van der Waals surface area contributed by atoms with Crippen molar-refractivity contribution in [1.82, 2.24) is 10.2 Å². The highest BCUT2D eigenvalue weighted by atomic mass is 16.5. The van der Waals surface area contributed by atoms with E-state index in [-0.39, 0.29) is 24.3 Å². The Morgan fingerprint density at radius 3 is 2.24 bits per heavy atom. The van der Waals surface area contributed by atoms with Crippen molar-refractivity contribution in [3.05, 3.63) is 54.1 Å². The molecule has 2 aromatic rings. The normalized spacial score (nSPS) is 12.4. The van der Waals surface area contributed by atoms with Crippen molar-refractivity contribution in [2.75, 3.05) is 20.8 Å². The van der Waals surface area contributed by atoms with E-state index in [0.717, 1.165) is 29.2 Å². The summed E-state index contributed by atoms with van der Waals surface area (Å²) in [4.78, 5) is 28.0. The highest BCUT2D eigenvalue weighted by Gasteiger charge is 2.29. The molecule has 0 aliphatic rings. The van der Waals surface area contributed by atoms with Crippen molar-refractivity contribution < 1.29 is 23.8 Å². The van der Waals surface area contributed by atoms with Gasteiger partial charge in [0.1, 0.15) is 23.3 Å². The summed E-state index contributed by atoms with van der Waals surface area (Å²) >= 11 is 0. The average molecular weight is 471 g/mol. The molecule has 0 fully saturated rings. The van der Waals surface area contributed by atoms with E-state index in [2.05, 4.69) is 5.32 Å². The lowest BCUT2D eigenvalue weighted by atomic mass is 10.1. The summed E-state index contributed by atoms with van der Waals surface area (Å²) in [5.41, 5.74) is 0.914. The van der Waals surface area contributed by atoms with E-state index in [4.69, 9.17) is 14.2 Å². The molecular weight excluding hydrogens is 432 g/mol. The van der Waals surface area contributed by atoms with Crippen LogP contribution in [0.25, 0.3) is 0 Å². The molecule has 34 heavy (non-hydrogen) atoms. The minimum Gasteiger partial charge on any atom is -0.497 e. The lowest BCUT2D eigenvalue weighted by Gasteiger charge is -2.31. The molecule has 0 saturated carbocycles. The zero-order chi connectivity index (χ0) is 24.9. The first-order chi connectivity index (χ1) is 16.4. The number of nitrogens with one attached hydrogen (secondary N) is 1. The maximum Gasteiger partial charge on any atom is 0.243 e. The summed E-state index contributed by atoms with van der Waals surface area (Å²) in [7, 11) is 3.23. The van der Waals surface area contributed by atoms with E-state index in [1.54, 1.807) is 19.1 Å². The standard InChI is InChI=1S/C27H38N2O5/c1-6-20(3)28-27(31)25(7-2)29(19-21-10-8-11-24(18-21)33-5)26(30)12-9-17-34-23-15-13-22(32-4)14-16-23/h8,10-11,13-16,18,20,25H,6-7,9,12,17,19H2,1-5H3,(H,28,31)/t20-,25-/m0/s1. The highest BCUT2D eigenvalue weighted by Crippen LogP contribution is 2.20. The molecule has 2 aromatic carbocycles. The number of carbonyl (C=O) groups excluding carboxylic acids is 2. The third kappa shape index (κ3) is 8.28. The Balaban J connectivity index is 2.07. The summed E-state index contributed by atoms with van der Waals surface area (Å²) in [6.07, 6.45) is 2.19. The van der Waals surface area contributed by atoms with Crippen LogP contribution in [0.5, 0.6) is 17.2 Å². The largest absolute Gasteiger partial charge is 0.497 e.